The Bertz CT molecular complexity index is 648. The van der Waals surface area contributed by atoms with E-state index >= 15 is 0 Å². The molecule has 3 heteroatoms. The number of nitrogens with zero attached hydrogens (tertiary/aromatic N) is 1. The standard InChI is InChI=1S/C17H15NO2/c1-12-6-7-13(10-18)8-17(12)19-11-15-9-14-4-2-3-5-16(14)20-15/h2-8,15H,9,11H2,1H3. The maximum atomic E-state index is 8.92. The number of fused-ring (bicyclic) bond motifs is 1. The van der Waals surface area contributed by atoms with Gasteiger partial charge >= 0.3 is 0 Å². The van der Waals surface area contributed by atoms with E-state index in [1.807, 2.05) is 31.2 Å². The summed E-state index contributed by atoms with van der Waals surface area (Å²) in [4.78, 5) is 0. The molecule has 1 atom stereocenters. The molecule has 0 saturated heterocycles. The highest BCUT2D eigenvalue weighted by atomic mass is 16.5. The average Bonchev–Trinajstić information content (AvgIpc) is 2.89. The molecule has 0 fully saturated rings. The third kappa shape index (κ3) is 2.46. The number of ether oxygens (including phenoxy) is 2. The van der Waals surface area contributed by atoms with Crippen LogP contribution in [0, 0.1) is 18.3 Å². The number of aryl methyl sites for hydroxylation is 1. The van der Waals surface area contributed by atoms with Crippen molar-refractivity contribution in [1.82, 2.24) is 0 Å². The zero-order chi connectivity index (χ0) is 13.9. The first-order valence-corrected chi connectivity index (χ1v) is 6.64. The summed E-state index contributed by atoms with van der Waals surface area (Å²) in [7, 11) is 0. The number of hydrogen-bond acceptors (Lipinski definition) is 3. The summed E-state index contributed by atoms with van der Waals surface area (Å²) < 4.78 is 11.7. The molecule has 1 aliphatic heterocycles. The van der Waals surface area contributed by atoms with Gasteiger partial charge < -0.3 is 9.47 Å². The average molecular weight is 265 g/mol. The normalized spacial score (nSPS) is 16.1. The Morgan fingerprint density at radius 1 is 1.30 bits per heavy atom. The van der Waals surface area contributed by atoms with Gasteiger partial charge in [-0.3, -0.25) is 0 Å². The highest BCUT2D eigenvalue weighted by Gasteiger charge is 2.22. The molecule has 0 spiro atoms. The van der Waals surface area contributed by atoms with Gasteiger partial charge in [-0.05, 0) is 36.2 Å². The van der Waals surface area contributed by atoms with E-state index in [2.05, 4.69) is 12.1 Å². The second-order valence-electron chi connectivity index (χ2n) is 4.95. The summed E-state index contributed by atoms with van der Waals surface area (Å²) in [6, 6.07) is 15.7. The van der Waals surface area contributed by atoms with Crippen LogP contribution < -0.4 is 9.47 Å². The van der Waals surface area contributed by atoms with Gasteiger partial charge in [0.25, 0.3) is 0 Å². The smallest absolute Gasteiger partial charge is 0.137 e. The zero-order valence-electron chi connectivity index (χ0n) is 11.3. The van der Waals surface area contributed by atoms with Crippen LogP contribution >= 0.6 is 0 Å². The molecule has 0 N–H and O–H groups in total. The molecule has 2 aromatic rings. The highest BCUT2D eigenvalue weighted by Crippen LogP contribution is 2.29. The quantitative estimate of drug-likeness (QED) is 0.855. The van der Waals surface area contributed by atoms with E-state index < -0.39 is 0 Å². The molecule has 0 aromatic heterocycles. The van der Waals surface area contributed by atoms with Crippen molar-refractivity contribution in [3.05, 3.63) is 59.2 Å². The van der Waals surface area contributed by atoms with Crippen molar-refractivity contribution in [2.75, 3.05) is 6.61 Å². The molecule has 1 aliphatic rings. The van der Waals surface area contributed by atoms with Crippen molar-refractivity contribution in [3.63, 3.8) is 0 Å². The van der Waals surface area contributed by atoms with Gasteiger partial charge in [0.1, 0.15) is 24.2 Å². The Morgan fingerprint density at radius 3 is 2.95 bits per heavy atom. The van der Waals surface area contributed by atoms with Gasteiger partial charge in [-0.2, -0.15) is 5.26 Å². The molecule has 100 valence electrons. The first-order valence-electron chi connectivity index (χ1n) is 6.64. The Balaban J connectivity index is 1.66. The van der Waals surface area contributed by atoms with Crippen molar-refractivity contribution in [2.24, 2.45) is 0 Å². The number of benzene rings is 2. The van der Waals surface area contributed by atoms with Gasteiger partial charge in [-0.25, -0.2) is 0 Å². The summed E-state index contributed by atoms with van der Waals surface area (Å²) >= 11 is 0. The molecule has 20 heavy (non-hydrogen) atoms. The first kappa shape index (κ1) is 12.6. The third-order valence-electron chi connectivity index (χ3n) is 3.46. The van der Waals surface area contributed by atoms with Crippen LogP contribution in [0.5, 0.6) is 11.5 Å². The number of para-hydroxylation sites is 1. The molecule has 2 aromatic carbocycles. The lowest BCUT2D eigenvalue weighted by Crippen LogP contribution is -2.22. The van der Waals surface area contributed by atoms with E-state index in [-0.39, 0.29) is 6.10 Å². The van der Waals surface area contributed by atoms with Gasteiger partial charge in [0, 0.05) is 6.42 Å². The van der Waals surface area contributed by atoms with Gasteiger partial charge in [0.05, 0.1) is 11.6 Å². The van der Waals surface area contributed by atoms with Crippen molar-refractivity contribution in [1.29, 1.82) is 5.26 Å². The predicted molar refractivity (Wildman–Crippen MR) is 76.0 cm³/mol. The second-order valence-corrected chi connectivity index (χ2v) is 4.95. The highest BCUT2D eigenvalue weighted by molar-refractivity contribution is 5.42. The van der Waals surface area contributed by atoms with E-state index in [1.54, 1.807) is 12.1 Å². The zero-order valence-corrected chi connectivity index (χ0v) is 11.3. The van der Waals surface area contributed by atoms with Crippen LogP contribution in [-0.4, -0.2) is 12.7 Å². The minimum absolute atomic E-state index is 0.0394. The third-order valence-corrected chi connectivity index (χ3v) is 3.46. The van der Waals surface area contributed by atoms with Crippen LogP contribution in [0.3, 0.4) is 0 Å². The topological polar surface area (TPSA) is 42.2 Å². The van der Waals surface area contributed by atoms with Crippen LogP contribution in [0.1, 0.15) is 16.7 Å². The number of hydrogen-bond donors (Lipinski definition) is 0. The fourth-order valence-corrected chi connectivity index (χ4v) is 2.35. The van der Waals surface area contributed by atoms with Crippen LogP contribution in [0.4, 0.5) is 0 Å². The Labute approximate surface area is 118 Å². The maximum Gasteiger partial charge on any atom is 0.137 e. The second kappa shape index (κ2) is 5.26. The minimum Gasteiger partial charge on any atom is -0.489 e. The molecular weight excluding hydrogens is 250 g/mol. The van der Waals surface area contributed by atoms with Crippen molar-refractivity contribution >= 4 is 0 Å². The predicted octanol–water partition coefficient (Wildman–Crippen LogP) is 3.25. The molecule has 3 nitrogen and oxygen atoms in total. The molecule has 0 amide bonds. The summed E-state index contributed by atoms with van der Waals surface area (Å²) in [6.45, 7) is 2.46. The molecule has 3 rings (SSSR count). The largest absolute Gasteiger partial charge is 0.489 e. The summed E-state index contributed by atoms with van der Waals surface area (Å²) in [5.74, 6) is 1.70. The van der Waals surface area contributed by atoms with Crippen LogP contribution in [0.2, 0.25) is 0 Å². The fourth-order valence-electron chi connectivity index (χ4n) is 2.35. The Hall–Kier alpha value is -2.47. The van der Waals surface area contributed by atoms with Gasteiger partial charge in [-0.1, -0.05) is 24.3 Å². The number of rotatable bonds is 3. The maximum absolute atomic E-state index is 8.92. The van der Waals surface area contributed by atoms with Gasteiger partial charge in [0.15, 0.2) is 0 Å². The molecule has 1 unspecified atom stereocenters. The molecule has 0 radical (unpaired) electrons. The molecular formula is C17H15NO2. The monoisotopic (exact) mass is 265 g/mol. The van der Waals surface area contributed by atoms with E-state index in [0.717, 1.165) is 23.5 Å². The fraction of sp³-hybridized carbons (Fsp3) is 0.235. The van der Waals surface area contributed by atoms with Crippen LogP contribution in [0.15, 0.2) is 42.5 Å². The van der Waals surface area contributed by atoms with Crippen molar-refractivity contribution in [3.8, 4) is 17.6 Å². The van der Waals surface area contributed by atoms with Crippen LogP contribution in [-0.2, 0) is 6.42 Å². The van der Waals surface area contributed by atoms with Gasteiger partial charge in [-0.15, -0.1) is 0 Å². The lowest BCUT2D eigenvalue weighted by atomic mass is 10.1. The van der Waals surface area contributed by atoms with Crippen molar-refractivity contribution < 1.29 is 9.47 Å². The summed E-state index contributed by atoms with van der Waals surface area (Å²) in [6.07, 6.45) is 0.908. The summed E-state index contributed by atoms with van der Waals surface area (Å²) in [5.41, 5.74) is 2.87. The molecule has 1 heterocycles. The lowest BCUT2D eigenvalue weighted by molar-refractivity contribution is 0.148. The lowest BCUT2D eigenvalue weighted by Gasteiger charge is -2.14. The Morgan fingerprint density at radius 2 is 2.15 bits per heavy atom. The molecule has 0 saturated carbocycles. The summed E-state index contributed by atoms with van der Waals surface area (Å²) in [5, 5.41) is 8.92. The molecule has 0 bridgehead atoms. The van der Waals surface area contributed by atoms with E-state index in [1.165, 1.54) is 5.56 Å². The van der Waals surface area contributed by atoms with Crippen LogP contribution in [0.25, 0.3) is 0 Å². The van der Waals surface area contributed by atoms with E-state index in [0.29, 0.717) is 12.2 Å². The van der Waals surface area contributed by atoms with E-state index in [4.69, 9.17) is 14.7 Å². The number of nitriles is 1. The van der Waals surface area contributed by atoms with Gasteiger partial charge in [0.2, 0.25) is 0 Å². The minimum atomic E-state index is 0.0394. The van der Waals surface area contributed by atoms with E-state index in [9.17, 15) is 0 Å². The molecule has 0 aliphatic carbocycles. The van der Waals surface area contributed by atoms with Crippen molar-refractivity contribution in [2.45, 2.75) is 19.4 Å². The SMILES string of the molecule is Cc1ccc(C#N)cc1OCC1Cc2ccccc2O1. The Kier molecular flexibility index (Phi) is 3.30. The first-order chi connectivity index (χ1) is 9.76.